The summed E-state index contributed by atoms with van der Waals surface area (Å²) in [7, 11) is 2.60. The quantitative estimate of drug-likeness (QED) is 0.140. The Kier molecular flexibility index (Phi) is 10.8. The number of alkyl carbamates (subject to hydrolysis) is 2. The largest absolute Gasteiger partial charge is 0.453 e. The lowest BCUT2D eigenvalue weighted by Crippen LogP contribution is -2.51. The summed E-state index contributed by atoms with van der Waals surface area (Å²) in [5, 5.41) is 5.44. The van der Waals surface area contributed by atoms with E-state index in [0.29, 0.717) is 24.9 Å². The Morgan fingerprint density at radius 2 is 1.09 bits per heavy atom. The van der Waals surface area contributed by atoms with Crippen molar-refractivity contribution in [3.8, 4) is 22.5 Å². The molecule has 4 heterocycles. The van der Waals surface area contributed by atoms with Crippen LogP contribution in [0.5, 0.6) is 0 Å². The van der Waals surface area contributed by atoms with E-state index < -0.39 is 24.3 Å². The number of H-pyrrole nitrogens is 2. The van der Waals surface area contributed by atoms with Crippen molar-refractivity contribution in [1.82, 2.24) is 40.4 Å². The van der Waals surface area contributed by atoms with Gasteiger partial charge in [0.2, 0.25) is 11.8 Å². The highest BCUT2D eigenvalue weighted by Crippen LogP contribution is 2.53. The molecule has 6 atom stereocenters. The van der Waals surface area contributed by atoms with Crippen molar-refractivity contribution in [2.45, 2.75) is 102 Å². The van der Waals surface area contributed by atoms with Crippen LogP contribution in [0.4, 0.5) is 9.59 Å². The van der Waals surface area contributed by atoms with E-state index >= 15 is 0 Å². The van der Waals surface area contributed by atoms with Crippen LogP contribution in [-0.2, 0) is 31.9 Å². The van der Waals surface area contributed by atoms with E-state index in [0.717, 1.165) is 72.7 Å². The van der Waals surface area contributed by atoms with Gasteiger partial charge in [-0.2, -0.15) is 0 Å². The van der Waals surface area contributed by atoms with Gasteiger partial charge in [0.05, 0.1) is 50.1 Å². The molecular formula is C44H54N8O6. The summed E-state index contributed by atoms with van der Waals surface area (Å²) in [5.74, 6) is 1.91. The summed E-state index contributed by atoms with van der Waals surface area (Å²) in [6.45, 7) is 8.88. The summed E-state index contributed by atoms with van der Waals surface area (Å²) in [4.78, 5) is 71.5. The summed E-state index contributed by atoms with van der Waals surface area (Å²) in [6, 6.07) is 11.8. The van der Waals surface area contributed by atoms with Crippen molar-refractivity contribution < 1.29 is 28.7 Å². The number of benzene rings is 2. The number of fused-ring (bicyclic) bond motifs is 5. The first-order chi connectivity index (χ1) is 27.9. The number of aromatic amines is 2. The van der Waals surface area contributed by atoms with Gasteiger partial charge in [-0.05, 0) is 108 Å². The van der Waals surface area contributed by atoms with Crippen LogP contribution >= 0.6 is 0 Å². The molecule has 0 spiro atoms. The molecule has 2 fully saturated rings. The minimum atomic E-state index is -0.678. The normalized spacial score (nSPS) is 21.8. The van der Waals surface area contributed by atoms with Gasteiger partial charge in [0.15, 0.2) is 0 Å². The fraction of sp³-hybridized carbons (Fsp3) is 0.500. The van der Waals surface area contributed by atoms with Crippen LogP contribution in [0.2, 0.25) is 0 Å². The highest BCUT2D eigenvalue weighted by Gasteiger charge is 2.41. The lowest BCUT2D eigenvalue weighted by molar-refractivity contribution is -0.136. The average molecular weight is 791 g/mol. The monoisotopic (exact) mass is 790 g/mol. The average Bonchev–Trinajstić information content (AvgIpc) is 4.07. The predicted octanol–water partition coefficient (Wildman–Crippen LogP) is 6.53. The van der Waals surface area contributed by atoms with E-state index in [-0.39, 0.29) is 35.7 Å². The molecule has 2 aromatic carbocycles. The molecule has 58 heavy (non-hydrogen) atoms. The number of carbonyl (C=O) groups excluding carboxylic acids is 4. The molecule has 0 saturated carbocycles. The maximum absolute atomic E-state index is 13.6. The number of imidazole rings is 2. The van der Waals surface area contributed by atoms with E-state index in [9.17, 15) is 19.2 Å². The number of amides is 4. The third-order valence-corrected chi connectivity index (χ3v) is 12.7. The summed E-state index contributed by atoms with van der Waals surface area (Å²) in [5.41, 5.74) is 9.52. The second-order valence-corrected chi connectivity index (χ2v) is 16.9. The molecule has 14 nitrogen and oxygen atoms in total. The molecule has 0 radical (unpaired) electrons. The third-order valence-electron chi connectivity index (χ3n) is 12.7. The first kappa shape index (κ1) is 39.2. The lowest BCUT2D eigenvalue weighted by Gasteiger charge is -2.30. The zero-order chi connectivity index (χ0) is 40.8. The van der Waals surface area contributed by atoms with Crippen molar-refractivity contribution in [2.75, 3.05) is 27.3 Å². The highest BCUT2D eigenvalue weighted by atomic mass is 16.5. The number of hydrogen-bond acceptors (Lipinski definition) is 8. The summed E-state index contributed by atoms with van der Waals surface area (Å²) >= 11 is 0. The zero-order valence-electron chi connectivity index (χ0n) is 34.1. The molecule has 4 aromatic rings. The molecule has 4 N–H and O–H groups in total. The Morgan fingerprint density at radius 1 is 0.672 bits per heavy atom. The van der Waals surface area contributed by atoms with Gasteiger partial charge in [-0.25, -0.2) is 19.6 Å². The summed E-state index contributed by atoms with van der Waals surface area (Å²) in [6.07, 6.45) is 7.77. The van der Waals surface area contributed by atoms with E-state index in [1.807, 2.05) is 49.9 Å². The Hall–Kier alpha value is -5.66. The Morgan fingerprint density at radius 3 is 1.47 bits per heavy atom. The minimum Gasteiger partial charge on any atom is -0.453 e. The van der Waals surface area contributed by atoms with E-state index in [2.05, 4.69) is 57.0 Å². The molecule has 2 unspecified atom stereocenters. The van der Waals surface area contributed by atoms with Crippen molar-refractivity contribution >= 4 is 24.0 Å². The number of nitrogens with one attached hydrogen (secondary N) is 4. The van der Waals surface area contributed by atoms with Gasteiger partial charge in [-0.1, -0.05) is 52.0 Å². The van der Waals surface area contributed by atoms with Crippen LogP contribution in [0.1, 0.15) is 111 Å². The molecule has 0 bridgehead atoms. The molecule has 2 aliphatic carbocycles. The standard InChI is InChI=1S/C44H54N8O6/c1-23(2)37(49-43(55)57-5)41(53)51-15-7-9-35(51)39-45-21-33(47-39)25-11-13-29-27(17-25)19-31-30-14-12-26(18-28(30)20-32(29)31)34-22-46-40(48-34)36-10-8-16-52(36)42(54)38(24(3)4)50-44(56)58-6/h11-14,17-18,21-24,31-32,35-38H,7-10,15-16,19-20H2,1-6H3,(H,45,47)(H,46,48)(H,49,55)(H,50,56)/t31?,32?,35-,36-,37-,38-/m0/s1. The topological polar surface area (TPSA) is 175 Å². The van der Waals surface area contributed by atoms with Gasteiger partial charge in [0.1, 0.15) is 23.7 Å². The van der Waals surface area contributed by atoms with Crippen LogP contribution < -0.4 is 10.6 Å². The second kappa shape index (κ2) is 15.9. The molecule has 2 aliphatic heterocycles. The number of methoxy groups -OCH3 is 2. The number of likely N-dealkylation sites (tertiary alicyclic amines) is 2. The van der Waals surface area contributed by atoms with E-state index in [1.165, 1.54) is 36.5 Å². The number of ether oxygens (including phenoxy) is 2. The van der Waals surface area contributed by atoms with Crippen molar-refractivity contribution in [2.24, 2.45) is 11.8 Å². The van der Waals surface area contributed by atoms with Crippen molar-refractivity contribution in [1.29, 1.82) is 0 Å². The number of aromatic nitrogens is 4. The zero-order valence-corrected chi connectivity index (χ0v) is 34.1. The van der Waals surface area contributed by atoms with Gasteiger partial charge < -0.3 is 39.9 Å². The van der Waals surface area contributed by atoms with Crippen LogP contribution in [0.3, 0.4) is 0 Å². The number of nitrogens with zero attached hydrogens (tertiary/aromatic N) is 4. The number of rotatable bonds is 10. The first-order valence-electron chi connectivity index (χ1n) is 20.6. The Labute approximate surface area is 338 Å². The number of hydrogen-bond donors (Lipinski definition) is 4. The van der Waals surface area contributed by atoms with Gasteiger partial charge >= 0.3 is 12.2 Å². The van der Waals surface area contributed by atoms with Crippen LogP contribution in [-0.4, -0.2) is 93.1 Å². The van der Waals surface area contributed by atoms with Crippen LogP contribution in [0.25, 0.3) is 22.5 Å². The summed E-state index contributed by atoms with van der Waals surface area (Å²) < 4.78 is 9.57. The first-order valence-corrected chi connectivity index (χ1v) is 20.6. The smallest absolute Gasteiger partial charge is 0.407 e. The molecular weight excluding hydrogens is 737 g/mol. The lowest BCUT2D eigenvalue weighted by atomic mass is 9.93. The van der Waals surface area contributed by atoms with Gasteiger partial charge in [0, 0.05) is 13.1 Å². The molecule has 2 aromatic heterocycles. The Balaban J connectivity index is 0.942. The van der Waals surface area contributed by atoms with Gasteiger partial charge in [0.25, 0.3) is 0 Å². The van der Waals surface area contributed by atoms with Crippen molar-refractivity contribution in [3.05, 3.63) is 82.7 Å². The fourth-order valence-electron chi connectivity index (χ4n) is 9.73. The molecule has 4 aliphatic rings. The molecule has 2 saturated heterocycles. The minimum absolute atomic E-state index is 0.0962. The van der Waals surface area contributed by atoms with Crippen molar-refractivity contribution in [3.63, 3.8) is 0 Å². The maximum Gasteiger partial charge on any atom is 0.407 e. The predicted molar refractivity (Wildman–Crippen MR) is 217 cm³/mol. The van der Waals surface area contributed by atoms with Gasteiger partial charge in [-0.15, -0.1) is 0 Å². The molecule has 14 heteroatoms. The molecule has 4 amide bonds. The molecule has 8 rings (SSSR count). The van der Waals surface area contributed by atoms with Crippen LogP contribution in [0, 0.1) is 11.8 Å². The van der Waals surface area contributed by atoms with E-state index in [1.54, 1.807) is 0 Å². The van der Waals surface area contributed by atoms with E-state index in [4.69, 9.17) is 19.4 Å². The Bertz CT molecular complexity index is 2060. The fourth-order valence-corrected chi connectivity index (χ4v) is 9.73. The maximum atomic E-state index is 13.6. The number of carbonyl (C=O) groups is 4. The second-order valence-electron chi connectivity index (χ2n) is 16.9. The SMILES string of the molecule is COC(=O)N[C@H](C(=O)N1CCC[C@H]1c1ncc(-c2ccc3c(c2)CC2c4ccc(-c5cnc([C@@H]6CCCN6C(=O)[C@@H](NC(=O)OC)C(C)C)[nH]5)cc4CC32)[nH]1)C(C)C. The third kappa shape index (κ3) is 7.21. The van der Waals surface area contributed by atoms with Gasteiger partial charge in [-0.3, -0.25) is 9.59 Å². The highest BCUT2D eigenvalue weighted by molar-refractivity contribution is 5.87. The van der Waals surface area contributed by atoms with Crippen LogP contribution in [0.15, 0.2) is 48.8 Å². The molecule has 306 valence electrons.